The van der Waals surface area contributed by atoms with E-state index in [-0.39, 0.29) is 53.3 Å². The van der Waals surface area contributed by atoms with Gasteiger partial charge in [-0.05, 0) is 42.0 Å². The average Bonchev–Trinajstić information content (AvgIpc) is 3.46. The highest BCUT2D eigenvalue weighted by atomic mass is 79.9. The molecule has 1 saturated carbocycles. The molecular formula is C24H20BrN3O5. The summed E-state index contributed by atoms with van der Waals surface area (Å²) < 4.78 is 0.755. The molecule has 2 aromatic rings. The number of allylic oxidation sites excluding steroid dienone is 2. The van der Waals surface area contributed by atoms with Gasteiger partial charge in [-0.2, -0.15) is 0 Å². The molecule has 0 radical (unpaired) electrons. The number of carbonyl (C=O) groups excluding carboxylic acids is 3. The van der Waals surface area contributed by atoms with Crippen molar-refractivity contribution >= 4 is 45.0 Å². The first-order valence-electron chi connectivity index (χ1n) is 10.7. The Labute approximate surface area is 197 Å². The summed E-state index contributed by atoms with van der Waals surface area (Å²) >= 11 is 3.42. The van der Waals surface area contributed by atoms with Gasteiger partial charge >= 0.3 is 0 Å². The highest BCUT2D eigenvalue weighted by Crippen LogP contribution is 2.54. The van der Waals surface area contributed by atoms with Gasteiger partial charge in [0.05, 0.1) is 29.2 Å². The van der Waals surface area contributed by atoms with E-state index in [9.17, 15) is 24.5 Å². The van der Waals surface area contributed by atoms with Crippen LogP contribution in [-0.2, 0) is 14.4 Å². The number of nitro benzene ring substituents is 1. The molecule has 5 atom stereocenters. The maximum absolute atomic E-state index is 13.4. The second-order valence-electron chi connectivity index (χ2n) is 8.64. The number of likely N-dealkylation sites (tertiary alicyclic amines) is 1. The molecule has 2 fully saturated rings. The number of hydrogen-bond donors (Lipinski definition) is 1. The smallest absolute Gasteiger partial charge is 0.292 e. The number of anilines is 1. The number of halogens is 1. The molecule has 2 aromatic carbocycles. The van der Waals surface area contributed by atoms with Crippen molar-refractivity contribution in [2.75, 3.05) is 5.32 Å². The van der Waals surface area contributed by atoms with E-state index in [1.165, 1.54) is 23.1 Å². The van der Waals surface area contributed by atoms with E-state index in [0.717, 1.165) is 10.9 Å². The number of nitrogens with zero attached hydrogens (tertiary/aromatic N) is 2. The van der Waals surface area contributed by atoms with Crippen LogP contribution >= 0.6 is 15.9 Å². The summed E-state index contributed by atoms with van der Waals surface area (Å²) in [4.78, 5) is 51.8. The van der Waals surface area contributed by atoms with E-state index in [1.54, 1.807) is 24.3 Å². The van der Waals surface area contributed by atoms with Crippen LogP contribution in [0.1, 0.15) is 24.4 Å². The summed E-state index contributed by atoms with van der Waals surface area (Å²) in [5, 5.41) is 13.9. The topological polar surface area (TPSA) is 110 Å². The van der Waals surface area contributed by atoms with Gasteiger partial charge in [-0.1, -0.05) is 52.3 Å². The molecule has 1 N–H and O–H groups in total. The molecule has 2 aliphatic carbocycles. The van der Waals surface area contributed by atoms with Crippen LogP contribution in [0.5, 0.6) is 0 Å². The van der Waals surface area contributed by atoms with Crippen molar-refractivity contribution in [3.63, 3.8) is 0 Å². The highest BCUT2D eigenvalue weighted by molar-refractivity contribution is 9.10. The van der Waals surface area contributed by atoms with Crippen LogP contribution in [0, 0.1) is 33.8 Å². The predicted molar refractivity (Wildman–Crippen MR) is 123 cm³/mol. The minimum absolute atomic E-state index is 0.0606. The number of benzene rings is 2. The normalized spacial score (nSPS) is 25.9. The molecule has 1 aliphatic heterocycles. The molecular weight excluding hydrogens is 490 g/mol. The molecule has 168 valence electrons. The number of rotatable bonds is 6. The summed E-state index contributed by atoms with van der Waals surface area (Å²) in [5.74, 6) is -1.64. The summed E-state index contributed by atoms with van der Waals surface area (Å²) in [5.41, 5.74) is 0.484. The van der Waals surface area contributed by atoms with E-state index in [1.807, 2.05) is 18.2 Å². The number of para-hydroxylation sites is 2. The lowest BCUT2D eigenvalue weighted by Gasteiger charge is -2.28. The monoisotopic (exact) mass is 509 g/mol. The molecule has 3 amide bonds. The Hall–Kier alpha value is -3.33. The van der Waals surface area contributed by atoms with Crippen molar-refractivity contribution in [1.82, 2.24) is 4.90 Å². The molecule has 2 bridgehead atoms. The van der Waals surface area contributed by atoms with Crippen molar-refractivity contribution in [2.24, 2.45) is 23.7 Å². The van der Waals surface area contributed by atoms with Crippen molar-refractivity contribution < 1.29 is 19.3 Å². The Morgan fingerprint density at radius 2 is 1.76 bits per heavy atom. The number of nitrogens with one attached hydrogen (secondary N) is 1. The van der Waals surface area contributed by atoms with Gasteiger partial charge in [0.25, 0.3) is 5.69 Å². The minimum atomic E-state index is -0.810. The van der Waals surface area contributed by atoms with Crippen LogP contribution in [0.2, 0.25) is 0 Å². The number of hydrogen-bond acceptors (Lipinski definition) is 5. The molecule has 8 nitrogen and oxygen atoms in total. The number of imide groups is 1. The average molecular weight is 510 g/mol. The second kappa shape index (κ2) is 8.22. The summed E-state index contributed by atoms with van der Waals surface area (Å²) in [6.45, 7) is 0. The Morgan fingerprint density at radius 1 is 1.09 bits per heavy atom. The van der Waals surface area contributed by atoms with Gasteiger partial charge in [0.1, 0.15) is 5.69 Å². The lowest BCUT2D eigenvalue weighted by Crippen LogP contribution is -2.38. The molecule has 0 aromatic heterocycles. The Balaban J connectivity index is 1.45. The zero-order valence-corrected chi connectivity index (χ0v) is 19.0. The van der Waals surface area contributed by atoms with Gasteiger partial charge in [-0.15, -0.1) is 0 Å². The van der Waals surface area contributed by atoms with E-state index < -0.39 is 16.9 Å². The van der Waals surface area contributed by atoms with Gasteiger partial charge in [0.15, 0.2) is 0 Å². The zero-order valence-electron chi connectivity index (χ0n) is 17.4. The fourth-order valence-corrected chi connectivity index (χ4v) is 5.84. The van der Waals surface area contributed by atoms with Crippen LogP contribution in [0.25, 0.3) is 0 Å². The Morgan fingerprint density at radius 3 is 2.39 bits per heavy atom. The van der Waals surface area contributed by atoms with E-state index >= 15 is 0 Å². The van der Waals surface area contributed by atoms with Crippen LogP contribution in [0.4, 0.5) is 11.4 Å². The van der Waals surface area contributed by atoms with Gasteiger partial charge in [-0.25, -0.2) is 0 Å². The fraction of sp³-hybridized carbons (Fsp3) is 0.292. The van der Waals surface area contributed by atoms with Crippen LogP contribution in [0.15, 0.2) is 65.2 Å². The molecule has 9 heteroatoms. The summed E-state index contributed by atoms with van der Waals surface area (Å²) in [6.07, 6.45) is 4.66. The quantitative estimate of drug-likeness (QED) is 0.271. The third-order valence-electron chi connectivity index (χ3n) is 6.80. The fourth-order valence-electron chi connectivity index (χ4n) is 5.42. The zero-order chi connectivity index (χ0) is 23.3. The maximum atomic E-state index is 13.4. The first-order chi connectivity index (χ1) is 15.8. The Bertz CT molecular complexity index is 1180. The van der Waals surface area contributed by atoms with Crippen LogP contribution in [0.3, 0.4) is 0 Å². The molecule has 33 heavy (non-hydrogen) atoms. The number of carbonyl (C=O) groups is 3. The van der Waals surface area contributed by atoms with E-state index in [4.69, 9.17) is 0 Å². The summed E-state index contributed by atoms with van der Waals surface area (Å²) in [6, 6.07) is 12.2. The van der Waals surface area contributed by atoms with Gasteiger partial charge in [0, 0.05) is 10.5 Å². The SMILES string of the molecule is O=C(CC(c1cccc(Br)c1)N1C(=O)C2C3C=CC(C3)C2C1=O)Nc1ccccc1[N+](=O)[O-]. The van der Waals surface area contributed by atoms with Crippen molar-refractivity contribution in [2.45, 2.75) is 18.9 Å². The van der Waals surface area contributed by atoms with Crippen LogP contribution < -0.4 is 5.32 Å². The molecule has 5 rings (SSSR count). The predicted octanol–water partition coefficient (Wildman–Crippen LogP) is 4.23. The van der Waals surface area contributed by atoms with Crippen molar-refractivity contribution in [3.05, 3.63) is 80.8 Å². The third kappa shape index (κ3) is 3.66. The number of fused-ring (bicyclic) bond motifs is 5. The second-order valence-corrected chi connectivity index (χ2v) is 9.56. The number of amides is 3. The number of nitro groups is 1. The van der Waals surface area contributed by atoms with Gasteiger partial charge < -0.3 is 5.32 Å². The van der Waals surface area contributed by atoms with Crippen molar-refractivity contribution in [3.8, 4) is 0 Å². The van der Waals surface area contributed by atoms with Gasteiger partial charge in [0.2, 0.25) is 17.7 Å². The standard InChI is InChI=1S/C24H20BrN3O5/c25-16-5-3-4-13(11-16)19(12-20(29)26-17-6-1-2-7-18(17)28(32)33)27-23(30)21-14-8-9-15(10-14)22(21)24(27)31/h1-9,11,14-15,19,21-22H,10,12H2,(H,26,29). The molecule has 3 aliphatic rings. The first-order valence-corrected chi connectivity index (χ1v) is 11.5. The Kier molecular flexibility index (Phi) is 5.36. The highest BCUT2D eigenvalue weighted by Gasteiger charge is 2.60. The lowest BCUT2D eigenvalue weighted by molar-refractivity contribution is -0.383. The van der Waals surface area contributed by atoms with Gasteiger partial charge in [-0.3, -0.25) is 29.4 Å². The first kappa shape index (κ1) is 21.5. The molecule has 0 spiro atoms. The van der Waals surface area contributed by atoms with Crippen molar-refractivity contribution in [1.29, 1.82) is 0 Å². The maximum Gasteiger partial charge on any atom is 0.292 e. The van der Waals surface area contributed by atoms with E-state index in [2.05, 4.69) is 21.2 Å². The minimum Gasteiger partial charge on any atom is -0.320 e. The largest absolute Gasteiger partial charge is 0.320 e. The molecule has 1 saturated heterocycles. The third-order valence-corrected chi connectivity index (χ3v) is 7.30. The van der Waals surface area contributed by atoms with Crippen LogP contribution in [-0.4, -0.2) is 27.5 Å². The molecule has 5 unspecified atom stereocenters. The summed E-state index contributed by atoms with van der Waals surface area (Å²) in [7, 11) is 0. The lowest BCUT2D eigenvalue weighted by atomic mass is 9.85. The molecule has 1 heterocycles. The van der Waals surface area contributed by atoms with E-state index in [0.29, 0.717) is 5.56 Å².